The highest BCUT2D eigenvalue weighted by Crippen LogP contribution is 2.34. The van der Waals surface area contributed by atoms with Crippen molar-refractivity contribution in [3.63, 3.8) is 0 Å². The van der Waals surface area contributed by atoms with Crippen molar-refractivity contribution >= 4 is 21.4 Å². The molecule has 1 aromatic heterocycles. The Kier molecular flexibility index (Phi) is 5.39. The quantitative estimate of drug-likeness (QED) is 0.665. The van der Waals surface area contributed by atoms with Crippen molar-refractivity contribution in [2.75, 3.05) is 13.1 Å². The highest BCUT2D eigenvalue weighted by atomic mass is 32.1. The Bertz CT molecular complexity index is 836. The van der Waals surface area contributed by atoms with E-state index < -0.39 is 6.10 Å². The molecule has 136 valence electrons. The third kappa shape index (κ3) is 3.71. The molecule has 1 saturated heterocycles. The average Bonchev–Trinajstić information content (AvgIpc) is 3.12. The highest BCUT2D eigenvalue weighted by Gasteiger charge is 2.28. The van der Waals surface area contributed by atoms with Gasteiger partial charge in [0.1, 0.15) is 0 Å². The van der Waals surface area contributed by atoms with Crippen molar-refractivity contribution in [1.29, 1.82) is 0 Å². The number of nitrogens with zero attached hydrogens (tertiary/aromatic N) is 1. The van der Waals surface area contributed by atoms with Crippen LogP contribution < -0.4 is 0 Å². The van der Waals surface area contributed by atoms with Crippen LogP contribution >= 0.6 is 11.3 Å². The topological polar surface area (TPSA) is 23.5 Å². The molecule has 0 amide bonds. The summed E-state index contributed by atoms with van der Waals surface area (Å²) in [6.45, 7) is 4.34. The van der Waals surface area contributed by atoms with Crippen LogP contribution in [0.1, 0.15) is 37.0 Å². The van der Waals surface area contributed by atoms with Gasteiger partial charge in [0, 0.05) is 16.3 Å². The zero-order valence-electron chi connectivity index (χ0n) is 15.3. The number of likely N-dealkylation sites (tertiary alicyclic amines) is 1. The minimum atomic E-state index is -0.420. The molecule has 0 spiro atoms. The molecule has 0 aliphatic carbocycles. The van der Waals surface area contributed by atoms with Gasteiger partial charge in [-0.1, -0.05) is 48.5 Å². The van der Waals surface area contributed by atoms with Crippen molar-refractivity contribution in [3.8, 4) is 0 Å². The third-order valence-corrected chi connectivity index (χ3v) is 6.86. The molecule has 2 heterocycles. The maximum absolute atomic E-state index is 11.0. The van der Waals surface area contributed by atoms with Crippen LogP contribution in [-0.4, -0.2) is 29.1 Å². The smallest absolute Gasteiger partial charge is 0.0956 e. The van der Waals surface area contributed by atoms with E-state index in [4.69, 9.17) is 0 Å². The summed E-state index contributed by atoms with van der Waals surface area (Å²) in [6.07, 6.45) is 3.20. The van der Waals surface area contributed by atoms with Gasteiger partial charge >= 0.3 is 0 Å². The van der Waals surface area contributed by atoms with Gasteiger partial charge in [0.05, 0.1) is 6.10 Å². The van der Waals surface area contributed by atoms with E-state index in [1.807, 2.05) is 0 Å². The monoisotopic (exact) mass is 365 g/mol. The van der Waals surface area contributed by atoms with Gasteiger partial charge in [0.2, 0.25) is 0 Å². The zero-order chi connectivity index (χ0) is 17.9. The van der Waals surface area contributed by atoms with Crippen LogP contribution in [0.5, 0.6) is 0 Å². The van der Waals surface area contributed by atoms with Crippen LogP contribution in [0.4, 0.5) is 0 Å². The van der Waals surface area contributed by atoms with E-state index in [0.29, 0.717) is 0 Å². The predicted molar refractivity (Wildman–Crippen MR) is 111 cm³/mol. The predicted octanol–water partition coefficient (Wildman–Crippen LogP) is 5.28. The Morgan fingerprint density at radius 1 is 1.04 bits per heavy atom. The second kappa shape index (κ2) is 7.91. The molecule has 2 aromatic carbocycles. The normalized spacial score (nSPS) is 18.8. The Morgan fingerprint density at radius 2 is 1.73 bits per heavy atom. The summed E-state index contributed by atoms with van der Waals surface area (Å²) in [5.74, 6) is 0.764. The van der Waals surface area contributed by atoms with Gasteiger partial charge in [0.15, 0.2) is 0 Å². The first-order valence-electron chi connectivity index (χ1n) is 9.64. The number of piperidine rings is 1. The minimum Gasteiger partial charge on any atom is -0.387 e. The molecule has 3 heteroatoms. The van der Waals surface area contributed by atoms with Gasteiger partial charge in [-0.3, -0.25) is 4.90 Å². The number of thiophene rings is 1. The fourth-order valence-electron chi connectivity index (χ4n) is 4.20. The van der Waals surface area contributed by atoms with Crippen molar-refractivity contribution < 1.29 is 5.11 Å². The summed E-state index contributed by atoms with van der Waals surface area (Å²) >= 11 is 1.73. The Labute approximate surface area is 160 Å². The molecule has 0 radical (unpaired) electrons. The summed E-state index contributed by atoms with van der Waals surface area (Å²) < 4.78 is 1.26. The van der Waals surface area contributed by atoms with E-state index >= 15 is 0 Å². The van der Waals surface area contributed by atoms with Crippen LogP contribution in [0.2, 0.25) is 0 Å². The SMILES string of the molecule is CC(C(O)c1csc2ccccc12)N1CCC(Cc2ccccc2)CC1. The van der Waals surface area contributed by atoms with Crippen LogP contribution in [0.3, 0.4) is 0 Å². The molecule has 2 unspecified atom stereocenters. The number of aliphatic hydroxyl groups is 1. The first-order chi connectivity index (χ1) is 12.7. The molecule has 1 N–H and O–H groups in total. The molecule has 0 saturated carbocycles. The maximum Gasteiger partial charge on any atom is 0.0956 e. The molecular weight excluding hydrogens is 338 g/mol. The fourth-order valence-corrected chi connectivity index (χ4v) is 5.19. The molecule has 1 fully saturated rings. The molecule has 1 aliphatic heterocycles. The Morgan fingerprint density at radius 3 is 2.50 bits per heavy atom. The number of hydrogen-bond acceptors (Lipinski definition) is 3. The standard InChI is InChI=1S/C23H27NOS/c1-17(23(25)21-16-26-22-10-6-5-9-20(21)22)24-13-11-19(12-14-24)15-18-7-3-2-4-8-18/h2-10,16-17,19,23,25H,11-15H2,1H3. The van der Waals surface area contributed by atoms with Crippen LogP contribution in [0.15, 0.2) is 60.0 Å². The summed E-state index contributed by atoms with van der Waals surface area (Å²) in [5.41, 5.74) is 2.54. The summed E-state index contributed by atoms with van der Waals surface area (Å²) in [5, 5.41) is 14.3. The Balaban J connectivity index is 1.38. The number of hydrogen-bond donors (Lipinski definition) is 1. The molecule has 2 atom stereocenters. The first-order valence-corrected chi connectivity index (χ1v) is 10.5. The van der Waals surface area contributed by atoms with Gasteiger partial charge in [0.25, 0.3) is 0 Å². The lowest BCUT2D eigenvalue weighted by molar-refractivity contribution is 0.0383. The lowest BCUT2D eigenvalue weighted by Gasteiger charge is -2.38. The van der Waals surface area contributed by atoms with Crippen molar-refractivity contribution in [2.45, 2.75) is 38.3 Å². The molecule has 3 aromatic rings. The van der Waals surface area contributed by atoms with Crippen molar-refractivity contribution in [2.24, 2.45) is 5.92 Å². The van der Waals surface area contributed by atoms with Crippen LogP contribution in [-0.2, 0) is 6.42 Å². The molecule has 0 bridgehead atoms. The number of aliphatic hydroxyl groups excluding tert-OH is 1. The largest absolute Gasteiger partial charge is 0.387 e. The van der Waals surface area contributed by atoms with E-state index in [2.05, 4.69) is 71.8 Å². The van der Waals surface area contributed by atoms with E-state index in [0.717, 1.165) is 24.6 Å². The number of rotatable bonds is 5. The summed E-state index contributed by atoms with van der Waals surface area (Å²) in [6, 6.07) is 19.4. The van der Waals surface area contributed by atoms with Crippen LogP contribution in [0.25, 0.3) is 10.1 Å². The van der Waals surface area contributed by atoms with Crippen molar-refractivity contribution in [3.05, 3.63) is 71.1 Å². The molecule has 26 heavy (non-hydrogen) atoms. The molecule has 2 nitrogen and oxygen atoms in total. The highest BCUT2D eigenvalue weighted by molar-refractivity contribution is 7.17. The van der Waals surface area contributed by atoms with Crippen LogP contribution in [0, 0.1) is 5.92 Å². The number of fused-ring (bicyclic) bond motifs is 1. The molecule has 1 aliphatic rings. The fraction of sp³-hybridized carbons (Fsp3) is 0.391. The van der Waals surface area contributed by atoms with E-state index in [1.54, 1.807) is 11.3 Å². The second-order valence-electron chi connectivity index (χ2n) is 7.54. The maximum atomic E-state index is 11.0. The lowest BCUT2D eigenvalue weighted by atomic mass is 9.89. The minimum absolute atomic E-state index is 0.158. The van der Waals surface area contributed by atoms with E-state index in [9.17, 15) is 5.11 Å². The van der Waals surface area contributed by atoms with Gasteiger partial charge in [-0.25, -0.2) is 0 Å². The van der Waals surface area contributed by atoms with Crippen molar-refractivity contribution in [1.82, 2.24) is 4.90 Å². The summed E-state index contributed by atoms with van der Waals surface area (Å²) in [7, 11) is 0. The third-order valence-electron chi connectivity index (χ3n) is 5.88. The second-order valence-corrected chi connectivity index (χ2v) is 8.45. The number of benzene rings is 2. The zero-order valence-corrected chi connectivity index (χ0v) is 16.2. The van der Waals surface area contributed by atoms with Gasteiger partial charge in [-0.2, -0.15) is 0 Å². The lowest BCUT2D eigenvalue weighted by Crippen LogP contribution is -2.43. The average molecular weight is 366 g/mol. The van der Waals surface area contributed by atoms with Gasteiger partial charge in [-0.15, -0.1) is 11.3 Å². The van der Waals surface area contributed by atoms with Gasteiger partial charge < -0.3 is 5.11 Å². The molecular formula is C23H27NOS. The van der Waals surface area contributed by atoms with E-state index in [-0.39, 0.29) is 6.04 Å². The molecule has 4 rings (SSSR count). The first kappa shape index (κ1) is 17.7. The Hall–Kier alpha value is -1.68. The van der Waals surface area contributed by atoms with Gasteiger partial charge in [-0.05, 0) is 67.6 Å². The summed E-state index contributed by atoms with van der Waals surface area (Å²) in [4.78, 5) is 2.47. The van der Waals surface area contributed by atoms with E-state index in [1.165, 1.54) is 34.9 Å².